The Balaban J connectivity index is 2.60. The Hall–Kier alpha value is -0.920. The van der Waals surface area contributed by atoms with Gasteiger partial charge >= 0.3 is 0 Å². The molecule has 0 radical (unpaired) electrons. The number of rotatable bonds is 4. The highest BCUT2D eigenvalue weighted by Crippen LogP contribution is 2.12. The van der Waals surface area contributed by atoms with Crippen LogP contribution in [0.25, 0.3) is 0 Å². The highest BCUT2D eigenvalue weighted by molar-refractivity contribution is 6.45. The molecule has 0 amide bonds. The summed E-state index contributed by atoms with van der Waals surface area (Å²) in [6.07, 6.45) is 6.05. The molecule has 0 aromatic heterocycles. The minimum Gasteiger partial charge on any atom is -0.292 e. The summed E-state index contributed by atoms with van der Waals surface area (Å²) >= 11 is 0. The van der Waals surface area contributed by atoms with Crippen LogP contribution in [0.15, 0.2) is 17.1 Å². The first-order chi connectivity index (χ1) is 6.15. The number of Topliss-reactive ketones (excluding diaryl/α,β-unsaturated/α-hetero) is 1. The Morgan fingerprint density at radius 2 is 2.31 bits per heavy atom. The fourth-order valence-corrected chi connectivity index (χ4v) is 1.36. The maximum atomic E-state index is 11.5. The summed E-state index contributed by atoms with van der Waals surface area (Å²) in [5.41, 5.74) is 0.661. The maximum absolute atomic E-state index is 11.5. The number of carbonyl (C=O) groups is 1. The summed E-state index contributed by atoms with van der Waals surface area (Å²) in [5.74, 6) is 0.221. The first-order valence-electron chi connectivity index (χ1n) is 4.95. The predicted octanol–water partition coefficient (Wildman–Crippen LogP) is 2.39. The van der Waals surface area contributed by atoms with Gasteiger partial charge in [0.1, 0.15) is 5.71 Å². The fourth-order valence-electron chi connectivity index (χ4n) is 1.36. The van der Waals surface area contributed by atoms with Crippen LogP contribution in [-0.4, -0.2) is 17.5 Å². The normalized spacial score (nSPS) is 20.9. The van der Waals surface area contributed by atoms with E-state index in [1.807, 2.05) is 26.0 Å². The third kappa shape index (κ3) is 2.51. The molecule has 1 atom stereocenters. The average Bonchev–Trinajstić information content (AvgIpc) is 2.52. The predicted molar refractivity (Wildman–Crippen MR) is 55.1 cm³/mol. The Morgan fingerprint density at radius 3 is 2.85 bits per heavy atom. The number of hydrogen-bond acceptors (Lipinski definition) is 2. The van der Waals surface area contributed by atoms with Crippen molar-refractivity contribution >= 4 is 11.5 Å². The van der Waals surface area contributed by atoms with Gasteiger partial charge in [-0.15, -0.1) is 0 Å². The summed E-state index contributed by atoms with van der Waals surface area (Å²) in [6, 6.07) is 0.252. The lowest BCUT2D eigenvalue weighted by atomic mass is 10.1. The van der Waals surface area contributed by atoms with Crippen LogP contribution < -0.4 is 0 Å². The van der Waals surface area contributed by atoms with E-state index in [0.29, 0.717) is 5.71 Å². The van der Waals surface area contributed by atoms with Crippen molar-refractivity contribution in [2.75, 3.05) is 0 Å². The number of aliphatic imine (C=N–C) groups is 1. The van der Waals surface area contributed by atoms with Crippen LogP contribution in [0.3, 0.4) is 0 Å². The average molecular weight is 179 g/mol. The molecule has 1 rings (SSSR count). The Labute approximate surface area is 79.8 Å². The second kappa shape index (κ2) is 4.35. The summed E-state index contributed by atoms with van der Waals surface area (Å²) in [4.78, 5) is 15.9. The van der Waals surface area contributed by atoms with Gasteiger partial charge in [-0.3, -0.25) is 9.79 Å². The van der Waals surface area contributed by atoms with Crippen LogP contribution in [-0.2, 0) is 4.79 Å². The minimum atomic E-state index is 0.0591. The van der Waals surface area contributed by atoms with E-state index in [4.69, 9.17) is 0 Å². The van der Waals surface area contributed by atoms with Gasteiger partial charge in [-0.1, -0.05) is 33.3 Å². The summed E-state index contributed by atoms with van der Waals surface area (Å²) in [6.45, 7) is 5.95. The lowest BCUT2D eigenvalue weighted by molar-refractivity contribution is -0.115. The highest BCUT2D eigenvalue weighted by atomic mass is 16.1. The van der Waals surface area contributed by atoms with E-state index in [0.717, 1.165) is 12.8 Å². The van der Waals surface area contributed by atoms with Crippen molar-refractivity contribution in [2.24, 2.45) is 10.9 Å². The molecule has 0 fully saturated rings. The van der Waals surface area contributed by atoms with Crippen LogP contribution in [0.5, 0.6) is 0 Å². The molecule has 2 heteroatoms. The highest BCUT2D eigenvalue weighted by Gasteiger charge is 2.18. The number of nitrogens with zero attached hydrogens (tertiary/aromatic N) is 1. The molecule has 0 N–H and O–H groups in total. The molecule has 13 heavy (non-hydrogen) atoms. The third-order valence-electron chi connectivity index (χ3n) is 2.14. The number of carbonyl (C=O) groups excluding carboxylic acids is 1. The topological polar surface area (TPSA) is 29.4 Å². The standard InChI is InChI=1S/C11H17NO/c1-4-5-9-6-7-10(12-9)11(13)8(2)3/h6-9H,4-5H2,1-3H3. The van der Waals surface area contributed by atoms with Gasteiger partial charge in [0.25, 0.3) is 0 Å². The Kier molecular flexibility index (Phi) is 3.40. The van der Waals surface area contributed by atoms with Gasteiger partial charge in [0.2, 0.25) is 0 Å². The molecule has 1 aliphatic heterocycles. The number of allylic oxidation sites excluding steroid dienone is 1. The second-order valence-corrected chi connectivity index (χ2v) is 3.75. The number of ketones is 1. The first-order valence-corrected chi connectivity index (χ1v) is 4.95. The van der Waals surface area contributed by atoms with E-state index in [9.17, 15) is 4.79 Å². The van der Waals surface area contributed by atoms with E-state index in [-0.39, 0.29) is 17.7 Å². The molecule has 0 aromatic carbocycles. The molecular formula is C11H17NO. The summed E-state index contributed by atoms with van der Waals surface area (Å²) in [5, 5.41) is 0. The van der Waals surface area contributed by atoms with E-state index in [2.05, 4.69) is 11.9 Å². The van der Waals surface area contributed by atoms with Crippen molar-refractivity contribution < 1.29 is 4.79 Å². The summed E-state index contributed by atoms with van der Waals surface area (Å²) in [7, 11) is 0. The van der Waals surface area contributed by atoms with E-state index in [1.54, 1.807) is 0 Å². The molecule has 1 unspecified atom stereocenters. The number of hydrogen-bond donors (Lipinski definition) is 0. The van der Waals surface area contributed by atoms with E-state index >= 15 is 0 Å². The van der Waals surface area contributed by atoms with E-state index < -0.39 is 0 Å². The lowest BCUT2D eigenvalue weighted by Gasteiger charge is -2.02. The molecule has 0 saturated carbocycles. The smallest absolute Gasteiger partial charge is 0.183 e. The quantitative estimate of drug-likeness (QED) is 0.651. The fraction of sp³-hybridized carbons (Fsp3) is 0.636. The van der Waals surface area contributed by atoms with Gasteiger partial charge < -0.3 is 0 Å². The maximum Gasteiger partial charge on any atom is 0.183 e. The first kappa shape index (κ1) is 10.2. The molecule has 0 saturated heterocycles. The van der Waals surface area contributed by atoms with Crippen molar-refractivity contribution in [1.29, 1.82) is 0 Å². The Bertz CT molecular complexity index is 251. The van der Waals surface area contributed by atoms with Crippen molar-refractivity contribution in [3.63, 3.8) is 0 Å². The van der Waals surface area contributed by atoms with Crippen LogP contribution in [0, 0.1) is 5.92 Å². The van der Waals surface area contributed by atoms with Gasteiger partial charge in [-0.2, -0.15) is 0 Å². The van der Waals surface area contributed by atoms with Crippen LogP contribution in [0.1, 0.15) is 33.6 Å². The zero-order valence-electron chi connectivity index (χ0n) is 8.58. The molecule has 1 aliphatic rings. The van der Waals surface area contributed by atoms with Gasteiger partial charge in [-0.25, -0.2) is 0 Å². The molecule has 0 bridgehead atoms. The van der Waals surface area contributed by atoms with Crippen molar-refractivity contribution in [3.05, 3.63) is 12.2 Å². The summed E-state index contributed by atoms with van der Waals surface area (Å²) < 4.78 is 0. The lowest BCUT2D eigenvalue weighted by Crippen LogP contribution is -2.16. The van der Waals surface area contributed by atoms with Crippen molar-refractivity contribution in [1.82, 2.24) is 0 Å². The van der Waals surface area contributed by atoms with Gasteiger partial charge in [0, 0.05) is 5.92 Å². The third-order valence-corrected chi connectivity index (χ3v) is 2.14. The molecule has 1 heterocycles. The monoisotopic (exact) mass is 179 g/mol. The largest absolute Gasteiger partial charge is 0.292 e. The van der Waals surface area contributed by atoms with Crippen LogP contribution in [0.4, 0.5) is 0 Å². The molecule has 0 aliphatic carbocycles. The van der Waals surface area contributed by atoms with Gasteiger partial charge in [-0.05, 0) is 12.5 Å². The van der Waals surface area contributed by atoms with Crippen LogP contribution >= 0.6 is 0 Å². The zero-order chi connectivity index (χ0) is 9.84. The molecule has 0 aromatic rings. The van der Waals surface area contributed by atoms with Gasteiger partial charge in [0.05, 0.1) is 6.04 Å². The van der Waals surface area contributed by atoms with Crippen LogP contribution in [0.2, 0.25) is 0 Å². The SMILES string of the molecule is CCCC1C=CC(C(=O)C(C)C)=N1. The second-order valence-electron chi connectivity index (χ2n) is 3.75. The molecular weight excluding hydrogens is 162 g/mol. The van der Waals surface area contributed by atoms with Crippen molar-refractivity contribution in [2.45, 2.75) is 39.7 Å². The van der Waals surface area contributed by atoms with Crippen molar-refractivity contribution in [3.8, 4) is 0 Å². The molecule has 0 spiro atoms. The van der Waals surface area contributed by atoms with E-state index in [1.165, 1.54) is 0 Å². The zero-order valence-corrected chi connectivity index (χ0v) is 8.58. The molecule has 2 nitrogen and oxygen atoms in total. The minimum absolute atomic E-state index is 0.0591. The molecule has 72 valence electrons. The van der Waals surface area contributed by atoms with Gasteiger partial charge in [0.15, 0.2) is 5.78 Å². The Morgan fingerprint density at radius 1 is 1.62 bits per heavy atom.